The molecule has 1 heterocycles. The van der Waals surface area contributed by atoms with Crippen LogP contribution in [-0.2, 0) is 11.3 Å². The van der Waals surface area contributed by atoms with Gasteiger partial charge in [0.05, 0.1) is 6.10 Å². The second kappa shape index (κ2) is 4.89. The maximum absolute atomic E-state index is 13.3. The van der Waals surface area contributed by atoms with Crippen LogP contribution in [0.15, 0.2) is 18.2 Å². The minimum atomic E-state index is -0.543. The molecule has 2 unspecified atom stereocenters. The van der Waals surface area contributed by atoms with Gasteiger partial charge in [-0.3, -0.25) is 0 Å². The Morgan fingerprint density at radius 2 is 2.25 bits per heavy atom. The molecule has 88 valence electrons. The second-order valence-corrected chi connectivity index (χ2v) is 4.09. The molecule has 1 aromatic rings. The lowest BCUT2D eigenvalue weighted by atomic mass is 10.1. The molecule has 1 aliphatic heterocycles. The molecule has 0 aromatic heterocycles. The highest BCUT2D eigenvalue weighted by atomic mass is 19.1. The number of nitrogens with one attached hydrogen (secondary N) is 1. The number of ether oxygens (including phenoxy) is 1. The minimum Gasteiger partial charge on any atom is -0.377 e. The first-order valence-corrected chi connectivity index (χ1v) is 5.46. The summed E-state index contributed by atoms with van der Waals surface area (Å²) in [7, 11) is 0. The van der Waals surface area contributed by atoms with Gasteiger partial charge < -0.3 is 10.1 Å². The number of hydrogen-bond donors (Lipinski definition) is 1. The minimum absolute atomic E-state index is 0.156. The van der Waals surface area contributed by atoms with E-state index in [2.05, 4.69) is 5.32 Å². The van der Waals surface area contributed by atoms with Gasteiger partial charge in [0.2, 0.25) is 0 Å². The Kier molecular flexibility index (Phi) is 3.51. The predicted molar refractivity (Wildman–Crippen MR) is 57.0 cm³/mol. The van der Waals surface area contributed by atoms with E-state index in [1.807, 2.05) is 6.92 Å². The number of halogens is 2. The first kappa shape index (κ1) is 11.5. The van der Waals surface area contributed by atoms with Crippen molar-refractivity contribution in [1.82, 2.24) is 5.32 Å². The van der Waals surface area contributed by atoms with E-state index in [9.17, 15) is 8.78 Å². The zero-order valence-electron chi connectivity index (χ0n) is 9.17. The molecule has 16 heavy (non-hydrogen) atoms. The number of rotatable bonds is 3. The van der Waals surface area contributed by atoms with Crippen molar-refractivity contribution in [1.29, 1.82) is 0 Å². The normalized spacial score (nSPS) is 24.9. The average Bonchev–Trinajstić information content (AvgIpc) is 2.63. The molecule has 0 amide bonds. The number of benzene rings is 1. The molecule has 0 bridgehead atoms. The van der Waals surface area contributed by atoms with E-state index in [0.717, 1.165) is 19.1 Å². The van der Waals surface area contributed by atoms with Crippen molar-refractivity contribution in [3.8, 4) is 0 Å². The first-order chi connectivity index (χ1) is 7.66. The average molecular weight is 227 g/mol. The van der Waals surface area contributed by atoms with E-state index in [4.69, 9.17) is 4.74 Å². The fourth-order valence-corrected chi connectivity index (χ4v) is 1.91. The maximum Gasteiger partial charge on any atom is 0.130 e. The Morgan fingerprint density at radius 1 is 1.44 bits per heavy atom. The van der Waals surface area contributed by atoms with Gasteiger partial charge in [-0.05, 0) is 19.4 Å². The molecule has 2 rings (SSSR count). The summed E-state index contributed by atoms with van der Waals surface area (Å²) < 4.78 is 31.4. The fraction of sp³-hybridized carbons (Fsp3) is 0.500. The van der Waals surface area contributed by atoms with Crippen LogP contribution >= 0.6 is 0 Å². The van der Waals surface area contributed by atoms with Crippen LogP contribution in [0.25, 0.3) is 0 Å². The van der Waals surface area contributed by atoms with Crippen molar-refractivity contribution >= 4 is 0 Å². The Morgan fingerprint density at radius 3 is 2.88 bits per heavy atom. The highest BCUT2D eigenvalue weighted by Gasteiger charge is 2.23. The van der Waals surface area contributed by atoms with E-state index in [1.54, 1.807) is 0 Å². The summed E-state index contributed by atoms with van der Waals surface area (Å²) in [5.74, 6) is -1.04. The molecule has 0 aliphatic carbocycles. The second-order valence-electron chi connectivity index (χ2n) is 4.09. The smallest absolute Gasteiger partial charge is 0.130 e. The van der Waals surface area contributed by atoms with Crippen molar-refractivity contribution in [2.24, 2.45) is 0 Å². The Bertz CT molecular complexity index is 370. The lowest BCUT2D eigenvalue weighted by Gasteiger charge is -2.16. The van der Waals surface area contributed by atoms with E-state index < -0.39 is 11.6 Å². The highest BCUT2D eigenvalue weighted by molar-refractivity contribution is 5.18. The van der Waals surface area contributed by atoms with Crippen LogP contribution in [0.5, 0.6) is 0 Å². The maximum atomic E-state index is 13.3. The number of hydrogen-bond acceptors (Lipinski definition) is 2. The first-order valence-electron chi connectivity index (χ1n) is 5.46. The van der Waals surface area contributed by atoms with E-state index in [1.165, 1.54) is 12.1 Å². The summed E-state index contributed by atoms with van der Waals surface area (Å²) in [4.78, 5) is 0. The molecule has 1 fully saturated rings. The summed E-state index contributed by atoms with van der Waals surface area (Å²) >= 11 is 0. The van der Waals surface area contributed by atoms with Gasteiger partial charge in [-0.1, -0.05) is 6.07 Å². The van der Waals surface area contributed by atoms with Gasteiger partial charge >= 0.3 is 0 Å². The third kappa shape index (κ3) is 2.57. The van der Waals surface area contributed by atoms with Crippen LogP contribution in [0.1, 0.15) is 18.9 Å². The van der Waals surface area contributed by atoms with Crippen LogP contribution in [0.4, 0.5) is 8.78 Å². The van der Waals surface area contributed by atoms with Crippen LogP contribution in [0.3, 0.4) is 0 Å². The molecule has 1 saturated heterocycles. The topological polar surface area (TPSA) is 21.3 Å². The van der Waals surface area contributed by atoms with Crippen molar-refractivity contribution in [2.75, 3.05) is 6.61 Å². The third-order valence-electron chi connectivity index (χ3n) is 2.95. The molecule has 1 N–H and O–H groups in total. The van der Waals surface area contributed by atoms with Gasteiger partial charge in [-0.25, -0.2) is 8.78 Å². The Hall–Kier alpha value is -1.00. The Balaban J connectivity index is 1.94. The van der Waals surface area contributed by atoms with Gasteiger partial charge in [0, 0.05) is 30.8 Å². The van der Waals surface area contributed by atoms with Gasteiger partial charge in [-0.15, -0.1) is 0 Å². The van der Waals surface area contributed by atoms with Gasteiger partial charge in [0.15, 0.2) is 0 Å². The van der Waals surface area contributed by atoms with Crippen molar-refractivity contribution in [3.63, 3.8) is 0 Å². The molecule has 0 saturated carbocycles. The summed E-state index contributed by atoms with van der Waals surface area (Å²) in [6.45, 7) is 3.14. The van der Waals surface area contributed by atoms with Crippen LogP contribution in [-0.4, -0.2) is 18.8 Å². The molecule has 1 aromatic carbocycles. The third-order valence-corrected chi connectivity index (χ3v) is 2.95. The molecule has 4 heteroatoms. The van der Waals surface area contributed by atoms with Crippen LogP contribution in [0.2, 0.25) is 0 Å². The quantitative estimate of drug-likeness (QED) is 0.855. The zero-order chi connectivity index (χ0) is 11.5. The van der Waals surface area contributed by atoms with E-state index >= 15 is 0 Å². The highest BCUT2D eigenvalue weighted by Crippen LogP contribution is 2.14. The molecule has 1 aliphatic rings. The van der Waals surface area contributed by atoms with E-state index in [-0.39, 0.29) is 12.1 Å². The van der Waals surface area contributed by atoms with Crippen LogP contribution in [0, 0.1) is 11.6 Å². The van der Waals surface area contributed by atoms with E-state index in [0.29, 0.717) is 12.1 Å². The molecule has 0 radical (unpaired) electrons. The molecule has 2 nitrogen and oxygen atoms in total. The molecular formula is C12H15F2NO. The lowest BCUT2D eigenvalue weighted by molar-refractivity contribution is 0.113. The van der Waals surface area contributed by atoms with Crippen LogP contribution < -0.4 is 5.32 Å². The Labute approximate surface area is 93.6 Å². The van der Waals surface area contributed by atoms with Gasteiger partial charge in [-0.2, -0.15) is 0 Å². The summed E-state index contributed by atoms with van der Waals surface area (Å²) in [5.41, 5.74) is 0.487. The summed E-state index contributed by atoms with van der Waals surface area (Å²) in [6.07, 6.45) is 1.09. The lowest BCUT2D eigenvalue weighted by Crippen LogP contribution is -2.34. The largest absolute Gasteiger partial charge is 0.377 e. The fourth-order valence-electron chi connectivity index (χ4n) is 1.91. The summed E-state index contributed by atoms with van der Waals surface area (Å²) in [6, 6.07) is 3.91. The van der Waals surface area contributed by atoms with Crippen molar-refractivity contribution < 1.29 is 13.5 Å². The van der Waals surface area contributed by atoms with Crippen molar-refractivity contribution in [2.45, 2.75) is 32.0 Å². The SMILES string of the molecule is CC1OCCC1NCc1ccc(F)cc1F. The summed E-state index contributed by atoms with van der Waals surface area (Å²) in [5, 5.41) is 3.22. The molecule has 2 atom stereocenters. The predicted octanol–water partition coefficient (Wildman–Crippen LogP) is 2.23. The zero-order valence-corrected chi connectivity index (χ0v) is 9.17. The monoisotopic (exact) mass is 227 g/mol. The molecule has 0 spiro atoms. The van der Waals surface area contributed by atoms with Gasteiger partial charge in [0.1, 0.15) is 11.6 Å². The van der Waals surface area contributed by atoms with Crippen molar-refractivity contribution in [3.05, 3.63) is 35.4 Å². The van der Waals surface area contributed by atoms with Gasteiger partial charge in [0.25, 0.3) is 0 Å². The molecular weight excluding hydrogens is 212 g/mol. The standard InChI is InChI=1S/C12H15F2NO/c1-8-12(4-5-16-8)15-7-9-2-3-10(13)6-11(9)14/h2-3,6,8,12,15H,4-5,7H2,1H3.